The second-order valence-electron chi connectivity index (χ2n) is 4.57. The summed E-state index contributed by atoms with van der Waals surface area (Å²) < 4.78 is 70.6. The Balaban J connectivity index is 2.75. The normalized spacial score (nSPS) is 10.5. The standard InChI is InChI=1S/C16H12F4O4/c1-22-8-5-4-7(6-9(8)23-2)10-12(17)14(19)11(16(21)24-3)15(20)13(10)18/h4-6H,1-3H3. The molecular weight excluding hydrogens is 332 g/mol. The average molecular weight is 344 g/mol. The predicted molar refractivity (Wildman–Crippen MR) is 76.2 cm³/mol. The van der Waals surface area contributed by atoms with Crippen molar-refractivity contribution in [1.29, 1.82) is 0 Å². The molecule has 4 nitrogen and oxygen atoms in total. The maximum Gasteiger partial charge on any atom is 0.344 e. The molecule has 0 aliphatic carbocycles. The summed E-state index contributed by atoms with van der Waals surface area (Å²) in [5.41, 5.74) is -2.60. The molecule has 128 valence electrons. The van der Waals surface area contributed by atoms with Crippen LogP contribution >= 0.6 is 0 Å². The van der Waals surface area contributed by atoms with Crippen LogP contribution in [-0.4, -0.2) is 27.3 Å². The van der Waals surface area contributed by atoms with Gasteiger partial charge in [-0.15, -0.1) is 0 Å². The molecule has 0 saturated heterocycles. The zero-order valence-electron chi connectivity index (χ0n) is 12.9. The van der Waals surface area contributed by atoms with Gasteiger partial charge in [-0.2, -0.15) is 0 Å². The Morgan fingerprint density at radius 2 is 1.38 bits per heavy atom. The first-order chi connectivity index (χ1) is 11.4. The van der Waals surface area contributed by atoms with Gasteiger partial charge in [0.2, 0.25) is 0 Å². The number of benzene rings is 2. The summed E-state index contributed by atoms with van der Waals surface area (Å²) in [5.74, 6) is -8.29. The van der Waals surface area contributed by atoms with Crippen LogP contribution in [0.15, 0.2) is 18.2 Å². The van der Waals surface area contributed by atoms with Crippen LogP contribution in [0.2, 0.25) is 0 Å². The van der Waals surface area contributed by atoms with E-state index in [9.17, 15) is 22.4 Å². The molecule has 2 aromatic carbocycles. The summed E-state index contributed by atoms with van der Waals surface area (Å²) >= 11 is 0. The number of hydrogen-bond acceptors (Lipinski definition) is 4. The molecule has 0 unspecified atom stereocenters. The monoisotopic (exact) mass is 344 g/mol. The zero-order chi connectivity index (χ0) is 18.0. The van der Waals surface area contributed by atoms with E-state index in [1.54, 1.807) is 0 Å². The fourth-order valence-corrected chi connectivity index (χ4v) is 2.16. The van der Waals surface area contributed by atoms with E-state index in [0.717, 1.165) is 13.2 Å². The molecule has 0 atom stereocenters. The molecule has 24 heavy (non-hydrogen) atoms. The Morgan fingerprint density at radius 3 is 1.83 bits per heavy atom. The van der Waals surface area contributed by atoms with Crippen LogP contribution in [0.3, 0.4) is 0 Å². The summed E-state index contributed by atoms with van der Waals surface area (Å²) in [4.78, 5) is 11.3. The van der Waals surface area contributed by atoms with Crippen molar-refractivity contribution in [3.63, 3.8) is 0 Å². The number of carbonyl (C=O) groups is 1. The maximum absolute atomic E-state index is 14.2. The fourth-order valence-electron chi connectivity index (χ4n) is 2.16. The molecule has 0 saturated carbocycles. The van der Waals surface area contributed by atoms with Gasteiger partial charge in [0.25, 0.3) is 0 Å². The topological polar surface area (TPSA) is 44.8 Å². The van der Waals surface area contributed by atoms with E-state index in [1.807, 2.05) is 0 Å². The summed E-state index contributed by atoms with van der Waals surface area (Å²) in [6, 6.07) is 3.66. The molecule has 2 rings (SSSR count). The number of halogens is 4. The first-order valence-electron chi connectivity index (χ1n) is 6.54. The number of methoxy groups -OCH3 is 3. The van der Waals surface area contributed by atoms with E-state index in [2.05, 4.69) is 4.74 Å². The van der Waals surface area contributed by atoms with Crippen molar-refractivity contribution in [2.45, 2.75) is 0 Å². The molecule has 0 radical (unpaired) electrons. The molecule has 0 amide bonds. The Hall–Kier alpha value is -2.77. The number of hydrogen-bond donors (Lipinski definition) is 0. The summed E-state index contributed by atoms with van der Waals surface area (Å²) in [6.07, 6.45) is 0. The van der Waals surface area contributed by atoms with Gasteiger partial charge in [0.05, 0.1) is 26.9 Å². The number of rotatable bonds is 4. The largest absolute Gasteiger partial charge is 0.493 e. The van der Waals surface area contributed by atoms with Crippen LogP contribution in [0.1, 0.15) is 10.4 Å². The van der Waals surface area contributed by atoms with Crippen molar-refractivity contribution in [3.05, 3.63) is 47.0 Å². The van der Waals surface area contributed by atoms with Gasteiger partial charge in [-0.1, -0.05) is 6.07 Å². The van der Waals surface area contributed by atoms with E-state index in [-0.39, 0.29) is 17.1 Å². The quantitative estimate of drug-likeness (QED) is 0.482. The fraction of sp³-hybridized carbons (Fsp3) is 0.188. The van der Waals surface area contributed by atoms with Crippen LogP contribution in [0.5, 0.6) is 11.5 Å². The van der Waals surface area contributed by atoms with E-state index in [0.29, 0.717) is 0 Å². The molecule has 0 bridgehead atoms. The molecule has 2 aromatic rings. The molecule has 0 aromatic heterocycles. The van der Waals surface area contributed by atoms with E-state index in [1.165, 1.54) is 26.4 Å². The third kappa shape index (κ3) is 2.75. The lowest BCUT2D eigenvalue weighted by atomic mass is 10.0. The van der Waals surface area contributed by atoms with Crippen LogP contribution in [-0.2, 0) is 4.74 Å². The van der Waals surface area contributed by atoms with E-state index < -0.39 is 40.4 Å². The minimum Gasteiger partial charge on any atom is -0.493 e. The molecular formula is C16H12F4O4. The van der Waals surface area contributed by atoms with Crippen LogP contribution in [0.25, 0.3) is 11.1 Å². The van der Waals surface area contributed by atoms with Crippen molar-refractivity contribution in [2.75, 3.05) is 21.3 Å². The number of ether oxygens (including phenoxy) is 3. The van der Waals surface area contributed by atoms with Gasteiger partial charge in [0.15, 0.2) is 34.8 Å². The Labute approximate surface area is 134 Å². The van der Waals surface area contributed by atoms with E-state index >= 15 is 0 Å². The Kier molecular flexibility index (Phi) is 4.96. The second kappa shape index (κ2) is 6.77. The minimum atomic E-state index is -1.84. The zero-order valence-corrected chi connectivity index (χ0v) is 12.9. The molecule has 0 N–H and O–H groups in total. The summed E-state index contributed by atoms with van der Waals surface area (Å²) in [6.45, 7) is 0. The summed E-state index contributed by atoms with van der Waals surface area (Å²) in [5, 5.41) is 0. The highest BCUT2D eigenvalue weighted by molar-refractivity contribution is 5.91. The molecule has 0 fully saturated rings. The maximum atomic E-state index is 14.2. The van der Waals surface area contributed by atoms with Crippen molar-refractivity contribution in [1.82, 2.24) is 0 Å². The molecule has 0 aliphatic heterocycles. The van der Waals surface area contributed by atoms with Crippen molar-refractivity contribution < 1.29 is 36.6 Å². The number of carbonyl (C=O) groups excluding carboxylic acids is 1. The van der Waals surface area contributed by atoms with Gasteiger partial charge in [-0.05, 0) is 17.7 Å². The molecule has 0 heterocycles. The third-order valence-electron chi connectivity index (χ3n) is 3.33. The van der Waals surface area contributed by atoms with Gasteiger partial charge in [0, 0.05) is 0 Å². The minimum absolute atomic E-state index is 0.103. The molecule has 0 aliphatic rings. The number of esters is 1. The van der Waals surface area contributed by atoms with Crippen LogP contribution in [0, 0.1) is 23.3 Å². The van der Waals surface area contributed by atoms with Crippen molar-refractivity contribution in [3.8, 4) is 22.6 Å². The van der Waals surface area contributed by atoms with Gasteiger partial charge in [0.1, 0.15) is 5.56 Å². The lowest BCUT2D eigenvalue weighted by Crippen LogP contribution is -2.13. The molecule has 0 spiro atoms. The highest BCUT2D eigenvalue weighted by Crippen LogP contribution is 2.37. The second-order valence-corrected chi connectivity index (χ2v) is 4.57. The molecule has 8 heteroatoms. The highest BCUT2D eigenvalue weighted by atomic mass is 19.2. The van der Waals surface area contributed by atoms with E-state index in [4.69, 9.17) is 9.47 Å². The third-order valence-corrected chi connectivity index (χ3v) is 3.33. The predicted octanol–water partition coefficient (Wildman–Crippen LogP) is 3.71. The van der Waals surface area contributed by atoms with Crippen molar-refractivity contribution >= 4 is 5.97 Å². The first-order valence-corrected chi connectivity index (χ1v) is 6.54. The van der Waals surface area contributed by atoms with Gasteiger partial charge < -0.3 is 14.2 Å². The smallest absolute Gasteiger partial charge is 0.344 e. The summed E-state index contributed by atoms with van der Waals surface area (Å²) in [7, 11) is 3.47. The van der Waals surface area contributed by atoms with Gasteiger partial charge >= 0.3 is 5.97 Å². The lowest BCUT2D eigenvalue weighted by Gasteiger charge is -2.13. The van der Waals surface area contributed by atoms with Crippen LogP contribution < -0.4 is 9.47 Å². The lowest BCUT2D eigenvalue weighted by molar-refractivity contribution is 0.0587. The SMILES string of the molecule is COC(=O)c1c(F)c(F)c(-c2ccc(OC)c(OC)c2)c(F)c1F. The van der Waals surface area contributed by atoms with Crippen LogP contribution in [0.4, 0.5) is 17.6 Å². The van der Waals surface area contributed by atoms with Gasteiger partial charge in [-0.3, -0.25) is 0 Å². The Bertz CT molecular complexity index is 776. The Morgan fingerprint density at radius 1 is 0.833 bits per heavy atom. The first kappa shape index (κ1) is 17.6. The highest BCUT2D eigenvalue weighted by Gasteiger charge is 2.30. The van der Waals surface area contributed by atoms with Crippen molar-refractivity contribution in [2.24, 2.45) is 0 Å². The van der Waals surface area contributed by atoms with Gasteiger partial charge in [-0.25, -0.2) is 22.4 Å². The average Bonchev–Trinajstić information content (AvgIpc) is 2.59.